The minimum Gasteiger partial charge on any atom is -0.391 e. The molecule has 0 saturated heterocycles. The van der Waals surface area contributed by atoms with Crippen LogP contribution in [-0.4, -0.2) is 41.9 Å². The predicted molar refractivity (Wildman–Crippen MR) is 34.5 cm³/mol. The van der Waals surface area contributed by atoms with Crippen LogP contribution < -0.4 is 0 Å². The largest absolute Gasteiger partial charge is 0.391 e. The van der Waals surface area contributed by atoms with Crippen LogP contribution in [0.25, 0.3) is 0 Å². The van der Waals surface area contributed by atoms with E-state index < -0.39 is 18.3 Å². The lowest BCUT2D eigenvalue weighted by Gasteiger charge is -2.19. The van der Waals surface area contributed by atoms with Gasteiger partial charge in [-0.25, -0.2) is 0 Å². The van der Waals surface area contributed by atoms with Gasteiger partial charge in [-0.2, -0.15) is 0 Å². The number of aliphatic hydroxyl groups is 2. The zero-order valence-corrected chi connectivity index (χ0v) is 6.02. The molecule has 2 N–H and O–H groups in total. The van der Waals surface area contributed by atoms with Crippen LogP contribution >= 0.6 is 0 Å². The van der Waals surface area contributed by atoms with E-state index in [-0.39, 0.29) is 0 Å². The first-order valence-corrected chi connectivity index (χ1v) is 2.97. The van der Waals surface area contributed by atoms with Gasteiger partial charge in [0.1, 0.15) is 12.2 Å². The van der Waals surface area contributed by atoms with Crippen molar-refractivity contribution in [2.24, 2.45) is 0 Å². The molecule has 0 unspecified atom stereocenters. The zero-order valence-electron chi connectivity index (χ0n) is 6.02. The van der Waals surface area contributed by atoms with E-state index in [1.54, 1.807) is 0 Å². The minimum atomic E-state index is -1.25. The fraction of sp³-hybridized carbons (Fsp3) is 0.833. The fourth-order valence-corrected chi connectivity index (χ4v) is 0.699. The highest BCUT2D eigenvalue weighted by Gasteiger charge is 2.22. The Labute approximate surface area is 59.4 Å². The molecule has 0 aliphatic carbocycles. The van der Waals surface area contributed by atoms with Crippen LogP contribution in [0.1, 0.15) is 6.92 Å². The third-order valence-electron chi connectivity index (χ3n) is 1.22. The summed E-state index contributed by atoms with van der Waals surface area (Å²) in [5.41, 5.74) is 0. The van der Waals surface area contributed by atoms with E-state index in [0.29, 0.717) is 6.29 Å². The molecule has 10 heavy (non-hydrogen) atoms. The Morgan fingerprint density at radius 2 is 2.00 bits per heavy atom. The van der Waals surface area contributed by atoms with Crippen molar-refractivity contribution in [3.63, 3.8) is 0 Å². The van der Waals surface area contributed by atoms with Crippen LogP contribution in [0.4, 0.5) is 0 Å². The van der Waals surface area contributed by atoms with Crippen LogP contribution in [0.2, 0.25) is 0 Å². The normalized spacial score (nSPS) is 19.6. The maximum Gasteiger partial charge on any atom is 0.151 e. The molecule has 4 heteroatoms. The molecule has 0 aliphatic rings. The van der Waals surface area contributed by atoms with Crippen molar-refractivity contribution in [1.29, 1.82) is 0 Å². The van der Waals surface area contributed by atoms with E-state index in [4.69, 9.17) is 10.2 Å². The highest BCUT2D eigenvalue weighted by molar-refractivity contribution is 5.56. The summed E-state index contributed by atoms with van der Waals surface area (Å²) in [6, 6.07) is 0. The van der Waals surface area contributed by atoms with Crippen molar-refractivity contribution in [3.05, 3.63) is 0 Å². The van der Waals surface area contributed by atoms with Gasteiger partial charge in [-0.15, -0.1) is 0 Å². The second-order valence-electron chi connectivity index (χ2n) is 2.07. The summed E-state index contributed by atoms with van der Waals surface area (Å²) in [6.07, 6.45) is -2.58. The van der Waals surface area contributed by atoms with Gasteiger partial charge >= 0.3 is 0 Å². The molecule has 0 aromatic rings. The standard InChI is InChI=1S/C6H12O4/c1-4(8)6(10-2)5(9)3-7/h3-6,8-9H,1-2H3/t4-,5+,6+/m1/s1. The summed E-state index contributed by atoms with van der Waals surface area (Å²) in [4.78, 5) is 9.97. The number of carbonyl (C=O) groups excluding carboxylic acids is 1. The van der Waals surface area contributed by atoms with E-state index in [1.165, 1.54) is 14.0 Å². The van der Waals surface area contributed by atoms with Crippen LogP contribution in [-0.2, 0) is 9.53 Å². The van der Waals surface area contributed by atoms with Crippen LogP contribution in [0.3, 0.4) is 0 Å². The summed E-state index contributed by atoms with van der Waals surface area (Å²) in [6.45, 7) is 1.45. The molecule has 60 valence electrons. The molecule has 0 bridgehead atoms. The molecule has 0 aromatic carbocycles. The molecule has 0 amide bonds. The lowest BCUT2D eigenvalue weighted by Crippen LogP contribution is -2.38. The number of methoxy groups -OCH3 is 1. The second kappa shape index (κ2) is 4.38. The highest BCUT2D eigenvalue weighted by Crippen LogP contribution is 2.01. The van der Waals surface area contributed by atoms with Gasteiger partial charge in [0.2, 0.25) is 0 Å². The average molecular weight is 148 g/mol. The van der Waals surface area contributed by atoms with Crippen molar-refractivity contribution >= 4 is 6.29 Å². The number of ether oxygens (including phenoxy) is 1. The van der Waals surface area contributed by atoms with Crippen molar-refractivity contribution in [2.45, 2.75) is 25.2 Å². The third-order valence-corrected chi connectivity index (χ3v) is 1.22. The minimum absolute atomic E-state index is 0.334. The highest BCUT2D eigenvalue weighted by atomic mass is 16.5. The third kappa shape index (κ3) is 2.43. The monoisotopic (exact) mass is 148 g/mol. The summed E-state index contributed by atoms with van der Waals surface area (Å²) < 4.78 is 4.63. The van der Waals surface area contributed by atoms with E-state index in [9.17, 15) is 4.79 Å². The van der Waals surface area contributed by atoms with Crippen LogP contribution in [0.15, 0.2) is 0 Å². The number of hydrogen-bond acceptors (Lipinski definition) is 4. The smallest absolute Gasteiger partial charge is 0.151 e. The summed E-state index contributed by atoms with van der Waals surface area (Å²) in [5.74, 6) is 0. The van der Waals surface area contributed by atoms with Gasteiger partial charge in [0.15, 0.2) is 6.29 Å². The topological polar surface area (TPSA) is 66.8 Å². The first-order valence-electron chi connectivity index (χ1n) is 2.97. The molecular weight excluding hydrogens is 136 g/mol. The quantitative estimate of drug-likeness (QED) is 0.499. The number of carbonyl (C=O) groups is 1. The summed E-state index contributed by atoms with van der Waals surface area (Å²) >= 11 is 0. The zero-order chi connectivity index (χ0) is 8.15. The van der Waals surface area contributed by atoms with Gasteiger partial charge < -0.3 is 19.7 Å². The second-order valence-corrected chi connectivity index (χ2v) is 2.07. The van der Waals surface area contributed by atoms with Crippen molar-refractivity contribution in [2.75, 3.05) is 7.11 Å². The Bertz CT molecular complexity index is 102. The Balaban J connectivity index is 3.92. The van der Waals surface area contributed by atoms with Crippen LogP contribution in [0, 0.1) is 0 Å². The molecule has 0 aromatic heterocycles. The predicted octanol–water partition coefficient (Wildman–Crippen LogP) is -1.06. The molecular formula is C6H12O4. The SMILES string of the molecule is CO[C@@H]([C@@H](C)O)[C@@H](O)C=O. The van der Waals surface area contributed by atoms with E-state index in [0.717, 1.165) is 0 Å². The van der Waals surface area contributed by atoms with E-state index >= 15 is 0 Å². The maximum absolute atomic E-state index is 9.97. The lowest BCUT2D eigenvalue weighted by molar-refractivity contribution is -0.128. The maximum atomic E-state index is 9.97. The van der Waals surface area contributed by atoms with Crippen molar-refractivity contribution in [3.8, 4) is 0 Å². The number of hydrogen-bond donors (Lipinski definition) is 2. The number of aldehydes is 1. The molecule has 3 atom stereocenters. The Morgan fingerprint density at radius 3 is 2.10 bits per heavy atom. The van der Waals surface area contributed by atoms with Gasteiger partial charge in [-0.3, -0.25) is 0 Å². The van der Waals surface area contributed by atoms with Crippen molar-refractivity contribution in [1.82, 2.24) is 0 Å². The molecule has 0 radical (unpaired) electrons. The Hall–Kier alpha value is -0.450. The van der Waals surface area contributed by atoms with E-state index in [1.807, 2.05) is 0 Å². The fourth-order valence-electron chi connectivity index (χ4n) is 0.699. The average Bonchev–Trinajstić information content (AvgIpc) is 1.88. The Morgan fingerprint density at radius 1 is 1.50 bits per heavy atom. The van der Waals surface area contributed by atoms with Crippen molar-refractivity contribution < 1.29 is 19.7 Å². The van der Waals surface area contributed by atoms with Crippen LogP contribution in [0.5, 0.6) is 0 Å². The molecule has 4 nitrogen and oxygen atoms in total. The van der Waals surface area contributed by atoms with Gasteiger partial charge in [0.05, 0.1) is 6.10 Å². The molecule has 0 rings (SSSR count). The molecule has 0 fully saturated rings. The van der Waals surface area contributed by atoms with Gasteiger partial charge in [0, 0.05) is 7.11 Å². The summed E-state index contributed by atoms with van der Waals surface area (Å²) in [7, 11) is 1.32. The number of rotatable bonds is 4. The van der Waals surface area contributed by atoms with Gasteiger partial charge in [0.25, 0.3) is 0 Å². The van der Waals surface area contributed by atoms with Gasteiger partial charge in [-0.1, -0.05) is 0 Å². The van der Waals surface area contributed by atoms with Gasteiger partial charge in [-0.05, 0) is 6.92 Å². The molecule has 0 spiro atoms. The molecule has 0 aliphatic heterocycles. The molecule has 0 heterocycles. The lowest BCUT2D eigenvalue weighted by atomic mass is 10.1. The first kappa shape index (κ1) is 9.55. The first-order chi connectivity index (χ1) is 4.63. The Kier molecular flexibility index (Phi) is 4.18. The summed E-state index contributed by atoms with van der Waals surface area (Å²) in [5, 5.41) is 17.7. The molecule has 0 saturated carbocycles. The number of aliphatic hydroxyl groups excluding tert-OH is 2. The van der Waals surface area contributed by atoms with E-state index in [2.05, 4.69) is 4.74 Å².